The van der Waals surface area contributed by atoms with Crippen molar-refractivity contribution >= 4 is 5.91 Å². The highest BCUT2D eigenvalue weighted by atomic mass is 16.3. The molecule has 0 saturated heterocycles. The van der Waals surface area contributed by atoms with E-state index in [1.165, 1.54) is 167 Å². The van der Waals surface area contributed by atoms with Crippen LogP contribution in [0.2, 0.25) is 0 Å². The summed E-state index contributed by atoms with van der Waals surface area (Å²) in [5.74, 6) is -0.0361. The zero-order valence-corrected chi connectivity index (χ0v) is 28.8. The van der Waals surface area contributed by atoms with E-state index in [-0.39, 0.29) is 12.5 Å². The molecule has 2 unspecified atom stereocenters. The number of unbranched alkanes of at least 4 members (excludes halogenated alkanes) is 28. The Morgan fingerprint density at radius 1 is 0.476 bits per heavy atom. The number of amides is 1. The van der Waals surface area contributed by atoms with Gasteiger partial charge in [0, 0.05) is 6.42 Å². The molecule has 2 atom stereocenters. The van der Waals surface area contributed by atoms with Gasteiger partial charge in [0.1, 0.15) is 0 Å². The van der Waals surface area contributed by atoms with E-state index in [9.17, 15) is 15.0 Å². The predicted molar refractivity (Wildman–Crippen MR) is 184 cm³/mol. The second-order valence-electron chi connectivity index (χ2n) is 13.4. The zero-order chi connectivity index (χ0) is 30.8. The number of rotatable bonds is 35. The first-order valence-corrected chi connectivity index (χ1v) is 19.2. The summed E-state index contributed by atoms with van der Waals surface area (Å²) in [6.07, 6.45) is 40.4. The lowest BCUT2D eigenvalue weighted by molar-refractivity contribution is -0.123. The van der Waals surface area contributed by atoms with E-state index in [2.05, 4.69) is 19.2 Å². The molecule has 0 aromatic heterocycles. The summed E-state index contributed by atoms with van der Waals surface area (Å²) in [5.41, 5.74) is 0. The van der Waals surface area contributed by atoms with Crippen molar-refractivity contribution in [2.24, 2.45) is 0 Å². The zero-order valence-electron chi connectivity index (χ0n) is 28.8. The van der Waals surface area contributed by atoms with Crippen LogP contribution in [-0.4, -0.2) is 34.9 Å². The van der Waals surface area contributed by atoms with Gasteiger partial charge in [-0.3, -0.25) is 4.79 Å². The fourth-order valence-corrected chi connectivity index (χ4v) is 6.13. The van der Waals surface area contributed by atoms with Crippen LogP contribution in [0.15, 0.2) is 0 Å². The van der Waals surface area contributed by atoms with Gasteiger partial charge in [-0.15, -0.1) is 0 Å². The SMILES string of the molecule is CCCCCCCCCCCCCCCCCCCCCCCCCC(O)C(CO)NC(=O)CCCCCCCCC. The topological polar surface area (TPSA) is 69.6 Å². The Morgan fingerprint density at radius 3 is 1.07 bits per heavy atom. The maximum atomic E-state index is 12.2. The average molecular weight is 596 g/mol. The van der Waals surface area contributed by atoms with Crippen LogP contribution in [0.5, 0.6) is 0 Å². The Labute approximate surface area is 264 Å². The van der Waals surface area contributed by atoms with Gasteiger partial charge in [-0.05, 0) is 12.8 Å². The maximum Gasteiger partial charge on any atom is 0.220 e. The number of nitrogens with one attached hydrogen (secondary N) is 1. The van der Waals surface area contributed by atoms with Gasteiger partial charge >= 0.3 is 0 Å². The normalized spacial score (nSPS) is 13.0. The van der Waals surface area contributed by atoms with Crippen LogP contribution in [0.3, 0.4) is 0 Å². The molecule has 0 radical (unpaired) electrons. The molecule has 0 spiro atoms. The smallest absolute Gasteiger partial charge is 0.220 e. The lowest BCUT2D eigenvalue weighted by Gasteiger charge is -2.22. The third kappa shape index (κ3) is 30.8. The standard InChI is InChI=1S/C38H77NO3/c1-3-5-7-9-11-12-13-14-15-16-17-18-19-20-21-22-23-24-25-26-28-29-31-33-37(41)36(35-40)39-38(42)34-32-30-27-10-8-6-4-2/h36-37,40-41H,3-35H2,1-2H3,(H,39,42). The van der Waals surface area contributed by atoms with Gasteiger partial charge < -0.3 is 15.5 Å². The second-order valence-corrected chi connectivity index (χ2v) is 13.4. The number of carbonyl (C=O) groups is 1. The molecule has 252 valence electrons. The fraction of sp³-hybridized carbons (Fsp3) is 0.974. The Morgan fingerprint density at radius 2 is 0.762 bits per heavy atom. The van der Waals surface area contributed by atoms with E-state index in [0.717, 1.165) is 25.7 Å². The molecular formula is C38H77NO3. The average Bonchev–Trinajstić information content (AvgIpc) is 2.99. The summed E-state index contributed by atoms with van der Waals surface area (Å²) in [6.45, 7) is 4.32. The van der Waals surface area contributed by atoms with Gasteiger partial charge in [0.2, 0.25) is 5.91 Å². The van der Waals surface area contributed by atoms with Crippen LogP contribution in [-0.2, 0) is 4.79 Å². The Balaban J connectivity index is 3.40. The van der Waals surface area contributed by atoms with Crippen LogP contribution in [0.4, 0.5) is 0 Å². The molecular weight excluding hydrogens is 518 g/mol. The summed E-state index contributed by atoms with van der Waals surface area (Å²) in [5, 5.41) is 22.9. The van der Waals surface area contributed by atoms with E-state index in [4.69, 9.17) is 0 Å². The van der Waals surface area contributed by atoms with E-state index >= 15 is 0 Å². The molecule has 4 nitrogen and oxygen atoms in total. The van der Waals surface area contributed by atoms with Gasteiger partial charge in [0.15, 0.2) is 0 Å². The largest absolute Gasteiger partial charge is 0.394 e. The van der Waals surface area contributed by atoms with Crippen LogP contribution >= 0.6 is 0 Å². The molecule has 0 bridgehead atoms. The molecule has 0 rings (SSSR count). The van der Waals surface area contributed by atoms with Gasteiger partial charge in [-0.2, -0.15) is 0 Å². The van der Waals surface area contributed by atoms with Crippen molar-refractivity contribution in [3.63, 3.8) is 0 Å². The molecule has 0 aliphatic rings. The second kappa shape index (κ2) is 34.9. The number of aliphatic hydroxyl groups is 2. The van der Waals surface area contributed by atoms with Crippen molar-refractivity contribution in [2.45, 2.75) is 231 Å². The maximum absolute atomic E-state index is 12.2. The Bertz CT molecular complexity index is 526. The first kappa shape index (κ1) is 41.4. The molecule has 1 amide bonds. The highest BCUT2D eigenvalue weighted by Gasteiger charge is 2.19. The van der Waals surface area contributed by atoms with Crippen molar-refractivity contribution in [2.75, 3.05) is 6.61 Å². The summed E-state index contributed by atoms with van der Waals surface area (Å²) in [4.78, 5) is 12.2. The molecule has 0 heterocycles. The molecule has 0 fully saturated rings. The number of aliphatic hydroxyl groups excluding tert-OH is 2. The minimum atomic E-state index is -0.650. The summed E-state index contributed by atoms with van der Waals surface area (Å²) in [7, 11) is 0. The van der Waals surface area contributed by atoms with Crippen molar-refractivity contribution < 1.29 is 15.0 Å². The van der Waals surface area contributed by atoms with Gasteiger partial charge in [0.05, 0.1) is 18.8 Å². The molecule has 3 N–H and O–H groups in total. The van der Waals surface area contributed by atoms with Crippen LogP contribution in [0.25, 0.3) is 0 Å². The Hall–Kier alpha value is -0.610. The lowest BCUT2D eigenvalue weighted by Crippen LogP contribution is -2.45. The summed E-state index contributed by atoms with van der Waals surface area (Å²) < 4.78 is 0. The summed E-state index contributed by atoms with van der Waals surface area (Å²) in [6, 6.07) is -0.526. The number of carbonyl (C=O) groups excluding carboxylic acids is 1. The highest BCUT2D eigenvalue weighted by Crippen LogP contribution is 2.16. The van der Waals surface area contributed by atoms with Crippen molar-refractivity contribution in [3.05, 3.63) is 0 Å². The molecule has 0 aromatic carbocycles. The van der Waals surface area contributed by atoms with E-state index in [1.54, 1.807) is 0 Å². The molecule has 42 heavy (non-hydrogen) atoms. The molecule has 0 aliphatic heterocycles. The third-order valence-electron chi connectivity index (χ3n) is 9.12. The molecule has 4 heteroatoms. The summed E-state index contributed by atoms with van der Waals surface area (Å²) >= 11 is 0. The number of hydrogen-bond acceptors (Lipinski definition) is 3. The van der Waals surface area contributed by atoms with Crippen LogP contribution < -0.4 is 5.32 Å². The van der Waals surface area contributed by atoms with Gasteiger partial charge in [0.25, 0.3) is 0 Å². The minimum Gasteiger partial charge on any atom is -0.394 e. The third-order valence-corrected chi connectivity index (χ3v) is 9.12. The van der Waals surface area contributed by atoms with Crippen molar-refractivity contribution in [3.8, 4) is 0 Å². The number of hydrogen-bond donors (Lipinski definition) is 3. The first-order chi connectivity index (χ1) is 20.7. The first-order valence-electron chi connectivity index (χ1n) is 19.2. The molecule has 0 saturated carbocycles. The van der Waals surface area contributed by atoms with Crippen molar-refractivity contribution in [1.29, 1.82) is 0 Å². The molecule has 0 aliphatic carbocycles. The van der Waals surface area contributed by atoms with Gasteiger partial charge in [-0.1, -0.05) is 200 Å². The molecule has 0 aromatic rings. The fourth-order valence-electron chi connectivity index (χ4n) is 6.13. The van der Waals surface area contributed by atoms with E-state index in [1.807, 2.05) is 0 Å². The van der Waals surface area contributed by atoms with Crippen LogP contribution in [0, 0.1) is 0 Å². The lowest BCUT2D eigenvalue weighted by atomic mass is 10.0. The van der Waals surface area contributed by atoms with E-state index in [0.29, 0.717) is 12.8 Å². The highest BCUT2D eigenvalue weighted by molar-refractivity contribution is 5.76. The predicted octanol–water partition coefficient (Wildman–Crippen LogP) is 11.3. The monoisotopic (exact) mass is 596 g/mol. The van der Waals surface area contributed by atoms with Crippen LogP contribution in [0.1, 0.15) is 219 Å². The van der Waals surface area contributed by atoms with E-state index < -0.39 is 12.1 Å². The quantitative estimate of drug-likeness (QED) is 0.0638. The Kier molecular flexibility index (Phi) is 34.4. The minimum absolute atomic E-state index is 0.0361. The van der Waals surface area contributed by atoms with Gasteiger partial charge in [-0.25, -0.2) is 0 Å². The van der Waals surface area contributed by atoms with Crippen molar-refractivity contribution in [1.82, 2.24) is 5.32 Å².